The Hall–Kier alpha value is -1.21. The van der Waals surface area contributed by atoms with Gasteiger partial charge in [-0.3, -0.25) is 4.79 Å². The molecule has 1 heterocycles. The molecule has 1 fully saturated rings. The number of carbonyl (C=O) groups is 1. The van der Waals surface area contributed by atoms with Gasteiger partial charge in [-0.05, 0) is 49.6 Å². The van der Waals surface area contributed by atoms with E-state index in [9.17, 15) is 18.0 Å². The minimum Gasteiger partial charge on any atom is -0.378 e. The normalized spacial score (nSPS) is 17.3. The molecule has 1 aliphatic heterocycles. The average molecular weight is 389 g/mol. The van der Waals surface area contributed by atoms with Gasteiger partial charge >= 0.3 is 6.18 Å². The van der Waals surface area contributed by atoms with Gasteiger partial charge in [0.25, 0.3) is 0 Å². The van der Waals surface area contributed by atoms with E-state index in [1.165, 1.54) is 15.4 Å². The van der Waals surface area contributed by atoms with Crippen LogP contribution in [0.25, 0.3) is 0 Å². The highest BCUT2D eigenvalue weighted by atomic mass is 32.2. The molecule has 0 spiro atoms. The fourth-order valence-corrected chi connectivity index (χ4v) is 3.70. The molecule has 1 amide bonds. The van der Waals surface area contributed by atoms with Crippen LogP contribution in [0.5, 0.6) is 0 Å². The minimum atomic E-state index is -4.28. The van der Waals surface area contributed by atoms with Gasteiger partial charge in [-0.1, -0.05) is 12.1 Å². The van der Waals surface area contributed by atoms with E-state index in [2.05, 4.69) is 24.3 Å². The number of ether oxygens (including phenoxy) is 1. The topological polar surface area (TPSA) is 29.5 Å². The van der Waals surface area contributed by atoms with E-state index in [1.807, 2.05) is 6.26 Å². The highest BCUT2D eigenvalue weighted by Gasteiger charge is 2.36. The Labute approximate surface area is 157 Å². The molecule has 3 nitrogen and oxygen atoms in total. The number of amides is 1. The second-order valence-electron chi connectivity index (χ2n) is 6.73. The number of aryl methyl sites for hydroxylation is 1. The summed E-state index contributed by atoms with van der Waals surface area (Å²) in [6.07, 6.45) is -0.729. The predicted octanol–water partition coefficient (Wildman–Crippen LogP) is 4.69. The summed E-state index contributed by atoms with van der Waals surface area (Å²) in [6.45, 7) is 0.909. The van der Waals surface area contributed by atoms with Crippen molar-refractivity contribution in [2.45, 2.75) is 55.2 Å². The quantitative estimate of drug-likeness (QED) is 0.634. The summed E-state index contributed by atoms with van der Waals surface area (Å²) in [5.74, 6) is -0.417. The first-order chi connectivity index (χ1) is 12.3. The zero-order valence-electron chi connectivity index (χ0n) is 15.3. The third-order valence-corrected chi connectivity index (χ3v) is 5.85. The van der Waals surface area contributed by atoms with Crippen LogP contribution < -0.4 is 0 Å². The van der Waals surface area contributed by atoms with Crippen LogP contribution in [-0.4, -0.2) is 49.0 Å². The molecule has 1 saturated heterocycles. The average Bonchev–Trinajstić information content (AvgIpc) is 2.64. The van der Waals surface area contributed by atoms with Crippen molar-refractivity contribution in [3.05, 3.63) is 29.8 Å². The lowest BCUT2D eigenvalue weighted by Gasteiger charge is -2.41. The molecular formula is C19H26F3NO2S. The van der Waals surface area contributed by atoms with Crippen LogP contribution in [0.1, 0.15) is 37.7 Å². The summed E-state index contributed by atoms with van der Waals surface area (Å²) in [4.78, 5) is 14.7. The van der Waals surface area contributed by atoms with Gasteiger partial charge in [0.1, 0.15) is 0 Å². The number of methoxy groups -OCH3 is 1. The first-order valence-electron chi connectivity index (χ1n) is 8.79. The van der Waals surface area contributed by atoms with Gasteiger partial charge in [-0.25, -0.2) is 0 Å². The van der Waals surface area contributed by atoms with Gasteiger partial charge in [0, 0.05) is 31.5 Å². The Morgan fingerprint density at radius 2 is 1.85 bits per heavy atom. The Morgan fingerprint density at radius 1 is 1.23 bits per heavy atom. The molecular weight excluding hydrogens is 363 g/mol. The van der Waals surface area contributed by atoms with Gasteiger partial charge in [0.2, 0.25) is 5.91 Å². The van der Waals surface area contributed by atoms with Gasteiger partial charge in [0.15, 0.2) is 0 Å². The van der Waals surface area contributed by atoms with Crippen LogP contribution in [0.2, 0.25) is 0 Å². The number of rotatable bonds is 7. The minimum absolute atomic E-state index is 0.307. The molecule has 1 aromatic carbocycles. The van der Waals surface area contributed by atoms with Crippen LogP contribution in [-0.2, 0) is 16.0 Å². The highest BCUT2D eigenvalue weighted by Crippen LogP contribution is 2.32. The predicted molar refractivity (Wildman–Crippen MR) is 97.4 cm³/mol. The number of nitrogens with zero attached hydrogens (tertiary/aromatic N) is 1. The molecule has 2 rings (SSSR count). The first kappa shape index (κ1) is 21.1. The monoisotopic (exact) mass is 389 g/mol. The van der Waals surface area contributed by atoms with Crippen molar-refractivity contribution in [2.24, 2.45) is 0 Å². The molecule has 0 bridgehead atoms. The number of benzene rings is 1. The van der Waals surface area contributed by atoms with Crippen LogP contribution in [0.3, 0.4) is 0 Å². The Morgan fingerprint density at radius 3 is 2.35 bits per heavy atom. The van der Waals surface area contributed by atoms with Crippen molar-refractivity contribution >= 4 is 17.7 Å². The van der Waals surface area contributed by atoms with E-state index in [1.54, 1.807) is 18.9 Å². The zero-order valence-corrected chi connectivity index (χ0v) is 16.1. The summed E-state index contributed by atoms with van der Waals surface area (Å²) < 4.78 is 42.6. The lowest BCUT2D eigenvalue weighted by Crippen LogP contribution is -2.48. The van der Waals surface area contributed by atoms with E-state index in [4.69, 9.17) is 4.74 Å². The fourth-order valence-electron chi connectivity index (χ4n) is 3.29. The number of thioether (sulfide) groups is 1. The summed E-state index contributed by atoms with van der Waals surface area (Å²) in [7, 11) is 1.68. The molecule has 1 aliphatic rings. The largest absolute Gasteiger partial charge is 0.389 e. The van der Waals surface area contributed by atoms with Gasteiger partial charge in [0.05, 0.1) is 12.0 Å². The SMILES string of the molecule is COC1(CCc2ccc(SC)cc2)CCN(C(=O)CCC(F)(F)F)CC1. The van der Waals surface area contributed by atoms with E-state index >= 15 is 0 Å². The maximum absolute atomic E-state index is 12.3. The Kier molecular flexibility index (Phi) is 7.41. The smallest absolute Gasteiger partial charge is 0.378 e. The molecule has 0 aromatic heterocycles. The fraction of sp³-hybridized carbons (Fsp3) is 0.632. The van der Waals surface area contributed by atoms with Crippen molar-refractivity contribution in [3.8, 4) is 0 Å². The molecule has 0 unspecified atom stereocenters. The summed E-state index contributed by atoms with van der Waals surface area (Å²) >= 11 is 1.70. The van der Waals surface area contributed by atoms with Crippen LogP contribution in [0, 0.1) is 0 Å². The lowest BCUT2D eigenvalue weighted by atomic mass is 9.85. The molecule has 0 radical (unpaired) electrons. The van der Waals surface area contributed by atoms with Crippen LogP contribution in [0.4, 0.5) is 13.2 Å². The third-order valence-electron chi connectivity index (χ3n) is 5.11. The number of hydrogen-bond acceptors (Lipinski definition) is 3. The summed E-state index contributed by atoms with van der Waals surface area (Å²) in [5.41, 5.74) is 0.932. The maximum Gasteiger partial charge on any atom is 0.389 e. The van der Waals surface area contributed by atoms with Crippen molar-refractivity contribution in [2.75, 3.05) is 26.5 Å². The molecule has 26 heavy (non-hydrogen) atoms. The van der Waals surface area contributed by atoms with Gasteiger partial charge in [-0.15, -0.1) is 11.8 Å². The number of piperidine rings is 1. The molecule has 7 heteroatoms. The van der Waals surface area contributed by atoms with Crippen LogP contribution >= 0.6 is 11.8 Å². The number of hydrogen-bond donors (Lipinski definition) is 0. The molecule has 0 atom stereocenters. The lowest BCUT2D eigenvalue weighted by molar-refractivity contribution is -0.152. The molecule has 0 saturated carbocycles. The maximum atomic E-state index is 12.3. The summed E-state index contributed by atoms with van der Waals surface area (Å²) in [5, 5.41) is 0. The first-order valence-corrected chi connectivity index (χ1v) is 10.0. The van der Waals surface area contributed by atoms with Crippen molar-refractivity contribution < 1.29 is 22.7 Å². The second-order valence-corrected chi connectivity index (χ2v) is 7.61. The zero-order chi connectivity index (χ0) is 19.2. The van der Waals surface area contributed by atoms with Crippen LogP contribution in [0.15, 0.2) is 29.2 Å². The van der Waals surface area contributed by atoms with E-state index in [0.717, 1.165) is 12.8 Å². The number of halogens is 3. The van der Waals surface area contributed by atoms with Gasteiger partial charge in [-0.2, -0.15) is 13.2 Å². The summed E-state index contributed by atoms with van der Waals surface area (Å²) in [6, 6.07) is 8.43. The third kappa shape index (κ3) is 6.20. The molecule has 146 valence electrons. The van der Waals surface area contributed by atoms with Crippen molar-refractivity contribution in [1.29, 1.82) is 0 Å². The van der Waals surface area contributed by atoms with Gasteiger partial charge < -0.3 is 9.64 Å². The standard InChI is InChI=1S/C19H26F3NO2S/c1-25-18(9-7-15-3-5-16(26-2)6-4-15)11-13-23(14-12-18)17(24)8-10-19(20,21)22/h3-6H,7-14H2,1-2H3. The Balaban J connectivity index is 1.84. The van der Waals surface area contributed by atoms with Crippen molar-refractivity contribution in [3.63, 3.8) is 0 Å². The van der Waals surface area contributed by atoms with E-state index in [-0.39, 0.29) is 5.60 Å². The van der Waals surface area contributed by atoms with Crippen molar-refractivity contribution in [1.82, 2.24) is 4.90 Å². The van der Waals surface area contributed by atoms with E-state index < -0.39 is 24.9 Å². The molecule has 1 aromatic rings. The van der Waals surface area contributed by atoms with E-state index in [0.29, 0.717) is 25.9 Å². The second kappa shape index (κ2) is 9.13. The number of carbonyl (C=O) groups excluding carboxylic acids is 1. The number of alkyl halides is 3. The molecule has 0 aliphatic carbocycles. The number of likely N-dealkylation sites (tertiary alicyclic amines) is 1. The molecule has 0 N–H and O–H groups in total. The Bertz CT molecular complexity index is 581. The highest BCUT2D eigenvalue weighted by molar-refractivity contribution is 7.98.